The van der Waals surface area contributed by atoms with E-state index in [1.54, 1.807) is 26.4 Å². The van der Waals surface area contributed by atoms with Gasteiger partial charge in [0.1, 0.15) is 0 Å². The van der Waals surface area contributed by atoms with Crippen LogP contribution >= 0.6 is 0 Å². The predicted molar refractivity (Wildman–Crippen MR) is 91.4 cm³/mol. The molecule has 3 rings (SSSR count). The summed E-state index contributed by atoms with van der Waals surface area (Å²) in [5.74, 6) is 3.54. The van der Waals surface area contributed by atoms with Gasteiger partial charge in [0.15, 0.2) is 11.5 Å². The molecule has 0 unspecified atom stereocenters. The average Bonchev–Trinajstić information content (AvgIpc) is 3.14. The number of nitrogens with one attached hydrogen (secondary N) is 1. The first kappa shape index (κ1) is 17.3. The molecule has 0 radical (unpaired) electrons. The van der Waals surface area contributed by atoms with Crippen molar-refractivity contribution in [2.45, 2.75) is 26.2 Å². The molecule has 7 nitrogen and oxygen atoms in total. The van der Waals surface area contributed by atoms with Crippen molar-refractivity contribution in [3.8, 4) is 22.9 Å². The Bertz CT molecular complexity index is 744. The molecule has 1 N–H and O–H groups in total. The second kappa shape index (κ2) is 7.55. The van der Waals surface area contributed by atoms with Gasteiger partial charge in [-0.05, 0) is 36.5 Å². The van der Waals surface area contributed by atoms with E-state index in [9.17, 15) is 4.79 Å². The number of carbonyl (C=O) groups excluding carboxylic acids is 1. The molecule has 0 spiro atoms. The average molecular weight is 345 g/mol. The van der Waals surface area contributed by atoms with Gasteiger partial charge in [-0.25, -0.2) is 0 Å². The zero-order chi connectivity index (χ0) is 17.8. The van der Waals surface area contributed by atoms with Gasteiger partial charge in [-0.15, -0.1) is 0 Å². The number of hydrogen-bond acceptors (Lipinski definition) is 6. The molecule has 1 heterocycles. The van der Waals surface area contributed by atoms with E-state index in [2.05, 4.69) is 22.4 Å². The Morgan fingerprint density at radius 1 is 1.32 bits per heavy atom. The number of nitrogens with zero attached hydrogens (tertiary/aromatic N) is 2. The molecule has 1 aromatic carbocycles. The van der Waals surface area contributed by atoms with Crippen LogP contribution in [0.4, 0.5) is 0 Å². The van der Waals surface area contributed by atoms with Crippen molar-refractivity contribution in [1.29, 1.82) is 0 Å². The predicted octanol–water partition coefficient (Wildman–Crippen LogP) is 2.46. The topological polar surface area (TPSA) is 86.5 Å². The largest absolute Gasteiger partial charge is 0.493 e. The molecule has 1 aromatic heterocycles. The molecule has 1 aliphatic carbocycles. The minimum atomic E-state index is 0.0185. The second-order valence-electron chi connectivity index (χ2n) is 6.36. The van der Waals surface area contributed by atoms with Crippen molar-refractivity contribution in [1.82, 2.24) is 15.5 Å². The molecule has 1 saturated carbocycles. The first-order valence-corrected chi connectivity index (χ1v) is 8.42. The molecule has 134 valence electrons. The molecule has 0 bridgehead atoms. The van der Waals surface area contributed by atoms with E-state index in [1.165, 1.54) is 6.42 Å². The van der Waals surface area contributed by atoms with Gasteiger partial charge in [-0.3, -0.25) is 4.79 Å². The van der Waals surface area contributed by atoms with Gasteiger partial charge < -0.3 is 19.3 Å². The fourth-order valence-electron chi connectivity index (χ4n) is 2.69. The van der Waals surface area contributed by atoms with Crippen LogP contribution < -0.4 is 14.8 Å². The summed E-state index contributed by atoms with van der Waals surface area (Å²) in [7, 11) is 3.16. The maximum atomic E-state index is 11.9. The SMILES string of the molecule is COc1ccc(-c2noc(CCC(=O)NC[C@@H]3C[C@@H]3C)n2)cc1OC. The number of hydrogen-bond donors (Lipinski definition) is 1. The Morgan fingerprint density at radius 3 is 2.76 bits per heavy atom. The fourth-order valence-corrected chi connectivity index (χ4v) is 2.69. The highest BCUT2D eigenvalue weighted by atomic mass is 16.5. The molecule has 7 heteroatoms. The van der Waals surface area contributed by atoms with Crippen LogP contribution in [0, 0.1) is 11.8 Å². The molecule has 0 aliphatic heterocycles. The third-order valence-corrected chi connectivity index (χ3v) is 4.51. The van der Waals surface area contributed by atoms with Gasteiger partial charge >= 0.3 is 0 Å². The summed E-state index contributed by atoms with van der Waals surface area (Å²) in [5, 5.41) is 6.93. The highest BCUT2D eigenvalue weighted by molar-refractivity contribution is 5.76. The van der Waals surface area contributed by atoms with Crippen molar-refractivity contribution in [3.63, 3.8) is 0 Å². The van der Waals surface area contributed by atoms with Crippen molar-refractivity contribution in [2.75, 3.05) is 20.8 Å². The zero-order valence-corrected chi connectivity index (χ0v) is 14.7. The van der Waals surface area contributed by atoms with Crippen LogP contribution in [0.1, 0.15) is 25.7 Å². The van der Waals surface area contributed by atoms with Crippen LogP contribution in [-0.4, -0.2) is 36.8 Å². The summed E-state index contributed by atoms with van der Waals surface area (Å²) >= 11 is 0. The molecule has 0 saturated heterocycles. The number of methoxy groups -OCH3 is 2. The minimum absolute atomic E-state index is 0.0185. The summed E-state index contributed by atoms with van der Waals surface area (Å²) < 4.78 is 15.7. The van der Waals surface area contributed by atoms with E-state index in [1.807, 2.05) is 6.07 Å². The monoisotopic (exact) mass is 345 g/mol. The molecule has 25 heavy (non-hydrogen) atoms. The maximum Gasteiger partial charge on any atom is 0.227 e. The normalized spacial score (nSPS) is 18.7. The molecule has 1 aliphatic rings. The number of aromatic nitrogens is 2. The maximum absolute atomic E-state index is 11.9. The van der Waals surface area contributed by atoms with E-state index in [-0.39, 0.29) is 5.91 Å². The number of aryl methyl sites for hydroxylation is 1. The third-order valence-electron chi connectivity index (χ3n) is 4.51. The van der Waals surface area contributed by atoms with Gasteiger partial charge in [-0.1, -0.05) is 12.1 Å². The van der Waals surface area contributed by atoms with Crippen molar-refractivity contribution in [2.24, 2.45) is 11.8 Å². The van der Waals surface area contributed by atoms with Crippen molar-refractivity contribution in [3.05, 3.63) is 24.1 Å². The smallest absolute Gasteiger partial charge is 0.227 e. The van der Waals surface area contributed by atoms with Gasteiger partial charge in [-0.2, -0.15) is 4.98 Å². The standard InChI is InChI=1S/C18H23N3O4/c1-11-8-13(11)10-19-16(22)6-7-17-20-18(21-25-17)12-4-5-14(23-2)15(9-12)24-3/h4-5,9,11,13H,6-8,10H2,1-3H3,(H,19,22)/t11-,13-/m0/s1. The lowest BCUT2D eigenvalue weighted by molar-refractivity contribution is -0.121. The number of carbonyl (C=O) groups is 1. The number of ether oxygens (including phenoxy) is 2. The number of rotatable bonds is 8. The lowest BCUT2D eigenvalue weighted by Gasteiger charge is -2.07. The minimum Gasteiger partial charge on any atom is -0.493 e. The highest BCUT2D eigenvalue weighted by Crippen LogP contribution is 2.36. The Hall–Kier alpha value is -2.57. The lowest BCUT2D eigenvalue weighted by atomic mass is 10.2. The number of benzene rings is 1. The van der Waals surface area contributed by atoms with E-state index in [0.29, 0.717) is 42.0 Å². The zero-order valence-electron chi connectivity index (χ0n) is 14.7. The Balaban J connectivity index is 1.56. The van der Waals surface area contributed by atoms with Gasteiger partial charge in [0, 0.05) is 24.9 Å². The fraction of sp³-hybridized carbons (Fsp3) is 0.500. The summed E-state index contributed by atoms with van der Waals surface area (Å²) in [5.41, 5.74) is 0.764. The summed E-state index contributed by atoms with van der Waals surface area (Å²) in [6, 6.07) is 5.41. The quantitative estimate of drug-likeness (QED) is 0.791. The number of amides is 1. The summed E-state index contributed by atoms with van der Waals surface area (Å²) in [4.78, 5) is 16.2. The van der Waals surface area contributed by atoms with Gasteiger partial charge in [0.25, 0.3) is 0 Å². The molecule has 1 amide bonds. The van der Waals surface area contributed by atoms with Crippen LogP contribution in [0.5, 0.6) is 11.5 Å². The Morgan fingerprint density at radius 2 is 2.08 bits per heavy atom. The first-order valence-electron chi connectivity index (χ1n) is 8.42. The summed E-state index contributed by atoms with van der Waals surface area (Å²) in [6.07, 6.45) is 1.97. The van der Waals surface area contributed by atoms with E-state index < -0.39 is 0 Å². The van der Waals surface area contributed by atoms with Gasteiger partial charge in [0.2, 0.25) is 17.6 Å². The van der Waals surface area contributed by atoms with Crippen LogP contribution in [-0.2, 0) is 11.2 Å². The lowest BCUT2D eigenvalue weighted by Crippen LogP contribution is -2.26. The highest BCUT2D eigenvalue weighted by Gasteiger charge is 2.32. The van der Waals surface area contributed by atoms with Gasteiger partial charge in [0.05, 0.1) is 14.2 Å². The van der Waals surface area contributed by atoms with E-state index >= 15 is 0 Å². The van der Waals surface area contributed by atoms with Crippen LogP contribution in [0.25, 0.3) is 11.4 Å². The van der Waals surface area contributed by atoms with Crippen molar-refractivity contribution >= 4 is 5.91 Å². The first-order chi connectivity index (χ1) is 12.1. The molecular weight excluding hydrogens is 322 g/mol. The van der Waals surface area contributed by atoms with E-state index in [0.717, 1.165) is 18.0 Å². The Kier molecular flexibility index (Phi) is 5.21. The molecule has 2 atom stereocenters. The van der Waals surface area contributed by atoms with Crippen LogP contribution in [0.15, 0.2) is 22.7 Å². The van der Waals surface area contributed by atoms with E-state index in [4.69, 9.17) is 14.0 Å². The third kappa shape index (κ3) is 4.29. The molecular formula is C18H23N3O4. The molecule has 1 fully saturated rings. The Labute approximate surface area is 146 Å². The molecule has 2 aromatic rings. The summed E-state index contributed by atoms with van der Waals surface area (Å²) in [6.45, 7) is 2.96. The van der Waals surface area contributed by atoms with Crippen LogP contribution in [0.3, 0.4) is 0 Å². The van der Waals surface area contributed by atoms with Crippen molar-refractivity contribution < 1.29 is 18.8 Å². The second-order valence-corrected chi connectivity index (χ2v) is 6.36. The van der Waals surface area contributed by atoms with Crippen LogP contribution in [0.2, 0.25) is 0 Å².